The number of hydrogen-bond acceptors (Lipinski definition) is 2. The maximum atomic E-state index is 3.59. The van der Waals surface area contributed by atoms with E-state index in [1.54, 1.807) is 5.56 Å². The zero-order chi connectivity index (χ0) is 13.9. The van der Waals surface area contributed by atoms with Crippen LogP contribution in [0.3, 0.4) is 0 Å². The first-order valence-electron chi connectivity index (χ1n) is 8.36. The van der Waals surface area contributed by atoms with Gasteiger partial charge in [-0.25, -0.2) is 0 Å². The molecule has 20 heavy (non-hydrogen) atoms. The van der Waals surface area contributed by atoms with Crippen molar-refractivity contribution in [1.82, 2.24) is 10.2 Å². The second kappa shape index (κ2) is 6.28. The molecule has 2 aliphatic rings. The van der Waals surface area contributed by atoms with Gasteiger partial charge in [-0.15, -0.1) is 0 Å². The standard InChI is InChI=1S/C18H28N2/c1-3-15-10-5-4-8-12-20(15)17-13-14-9-6-7-11-16(14)18(17)19-2/h6-7,9,11,15,17-19H,3-5,8,10,12-13H2,1-2H3. The normalized spacial score (nSPS) is 31.0. The third-order valence-corrected chi connectivity index (χ3v) is 5.33. The zero-order valence-electron chi connectivity index (χ0n) is 12.9. The number of hydrogen-bond donors (Lipinski definition) is 1. The van der Waals surface area contributed by atoms with Crippen LogP contribution in [0.4, 0.5) is 0 Å². The molecule has 1 aromatic rings. The Kier molecular flexibility index (Phi) is 4.42. The van der Waals surface area contributed by atoms with E-state index >= 15 is 0 Å². The van der Waals surface area contributed by atoms with Crippen LogP contribution in [-0.4, -0.2) is 30.6 Å². The number of fused-ring (bicyclic) bond motifs is 1. The largest absolute Gasteiger partial charge is 0.312 e. The maximum Gasteiger partial charge on any atom is 0.0481 e. The summed E-state index contributed by atoms with van der Waals surface area (Å²) in [6, 6.07) is 11.0. The van der Waals surface area contributed by atoms with Gasteiger partial charge in [-0.3, -0.25) is 4.90 Å². The van der Waals surface area contributed by atoms with Gasteiger partial charge in [-0.1, -0.05) is 44.0 Å². The second-order valence-corrected chi connectivity index (χ2v) is 6.39. The lowest BCUT2D eigenvalue weighted by Gasteiger charge is -2.38. The number of nitrogens with zero attached hydrogens (tertiary/aromatic N) is 1. The molecule has 1 saturated heterocycles. The van der Waals surface area contributed by atoms with Crippen LogP contribution in [0.2, 0.25) is 0 Å². The Morgan fingerprint density at radius 2 is 2.05 bits per heavy atom. The fraction of sp³-hybridized carbons (Fsp3) is 0.667. The number of likely N-dealkylation sites (tertiary alicyclic amines) is 1. The maximum absolute atomic E-state index is 3.59. The molecule has 3 atom stereocenters. The Balaban J connectivity index is 1.86. The summed E-state index contributed by atoms with van der Waals surface area (Å²) in [6.45, 7) is 3.65. The summed E-state index contributed by atoms with van der Waals surface area (Å²) >= 11 is 0. The van der Waals surface area contributed by atoms with Gasteiger partial charge in [0.1, 0.15) is 0 Å². The van der Waals surface area contributed by atoms with E-state index in [1.165, 1.54) is 50.6 Å². The Morgan fingerprint density at radius 1 is 1.20 bits per heavy atom. The smallest absolute Gasteiger partial charge is 0.0481 e. The van der Waals surface area contributed by atoms with Crippen LogP contribution >= 0.6 is 0 Å². The van der Waals surface area contributed by atoms with Gasteiger partial charge in [0.25, 0.3) is 0 Å². The third kappa shape index (κ3) is 2.51. The van der Waals surface area contributed by atoms with Crippen molar-refractivity contribution in [2.24, 2.45) is 0 Å². The van der Waals surface area contributed by atoms with Crippen molar-refractivity contribution in [2.45, 2.75) is 63.6 Å². The number of benzene rings is 1. The van der Waals surface area contributed by atoms with E-state index in [9.17, 15) is 0 Å². The van der Waals surface area contributed by atoms with Gasteiger partial charge in [-0.2, -0.15) is 0 Å². The molecule has 1 N–H and O–H groups in total. The fourth-order valence-corrected chi connectivity index (χ4v) is 4.31. The molecule has 0 radical (unpaired) electrons. The molecule has 0 aromatic heterocycles. The molecular formula is C18H28N2. The molecular weight excluding hydrogens is 244 g/mol. The average Bonchev–Trinajstić information content (AvgIpc) is 2.69. The lowest BCUT2D eigenvalue weighted by atomic mass is 10.0. The topological polar surface area (TPSA) is 15.3 Å². The van der Waals surface area contributed by atoms with Gasteiger partial charge in [0.15, 0.2) is 0 Å². The van der Waals surface area contributed by atoms with Gasteiger partial charge in [0.2, 0.25) is 0 Å². The summed E-state index contributed by atoms with van der Waals surface area (Å²) in [5.74, 6) is 0. The quantitative estimate of drug-likeness (QED) is 0.905. The molecule has 3 rings (SSSR count). The molecule has 1 heterocycles. The highest BCUT2D eigenvalue weighted by atomic mass is 15.2. The highest BCUT2D eigenvalue weighted by Crippen LogP contribution is 2.37. The molecule has 3 unspecified atom stereocenters. The first-order valence-corrected chi connectivity index (χ1v) is 8.36. The minimum absolute atomic E-state index is 0.512. The van der Waals surface area contributed by atoms with Crippen LogP contribution in [0.15, 0.2) is 24.3 Å². The van der Waals surface area contributed by atoms with Crippen LogP contribution in [-0.2, 0) is 6.42 Å². The number of rotatable bonds is 3. The minimum atomic E-state index is 0.512. The van der Waals surface area contributed by atoms with Gasteiger partial charge >= 0.3 is 0 Å². The van der Waals surface area contributed by atoms with Crippen molar-refractivity contribution in [3.8, 4) is 0 Å². The van der Waals surface area contributed by atoms with E-state index in [0.29, 0.717) is 12.1 Å². The summed E-state index contributed by atoms with van der Waals surface area (Å²) in [6.07, 6.45) is 8.11. The van der Waals surface area contributed by atoms with E-state index in [4.69, 9.17) is 0 Å². The van der Waals surface area contributed by atoms with Crippen LogP contribution in [0.1, 0.15) is 56.2 Å². The average molecular weight is 272 g/mol. The summed E-state index contributed by atoms with van der Waals surface area (Å²) in [5.41, 5.74) is 3.08. The summed E-state index contributed by atoms with van der Waals surface area (Å²) in [5, 5.41) is 3.59. The first kappa shape index (κ1) is 14.1. The number of nitrogens with one attached hydrogen (secondary N) is 1. The summed E-state index contributed by atoms with van der Waals surface area (Å²) < 4.78 is 0. The Bertz CT molecular complexity index is 443. The van der Waals surface area contributed by atoms with E-state index in [0.717, 1.165) is 6.04 Å². The SMILES string of the molecule is CCC1CCCCCN1C1Cc2ccccc2C1NC. The highest BCUT2D eigenvalue weighted by Gasteiger charge is 2.37. The molecule has 0 saturated carbocycles. The molecule has 110 valence electrons. The van der Waals surface area contributed by atoms with Crippen LogP contribution in [0, 0.1) is 0 Å². The zero-order valence-corrected chi connectivity index (χ0v) is 12.9. The monoisotopic (exact) mass is 272 g/mol. The molecule has 1 fully saturated rings. The van der Waals surface area contributed by atoms with E-state index in [1.807, 2.05) is 0 Å². The minimum Gasteiger partial charge on any atom is -0.312 e. The predicted molar refractivity (Wildman–Crippen MR) is 85.0 cm³/mol. The van der Waals surface area contributed by atoms with Crippen molar-refractivity contribution in [3.63, 3.8) is 0 Å². The highest BCUT2D eigenvalue weighted by molar-refractivity contribution is 5.37. The summed E-state index contributed by atoms with van der Waals surface area (Å²) in [4.78, 5) is 2.83. The van der Waals surface area contributed by atoms with Gasteiger partial charge < -0.3 is 5.32 Å². The van der Waals surface area contributed by atoms with Crippen molar-refractivity contribution in [2.75, 3.05) is 13.6 Å². The molecule has 0 bridgehead atoms. The van der Waals surface area contributed by atoms with Crippen molar-refractivity contribution < 1.29 is 0 Å². The van der Waals surface area contributed by atoms with Crippen molar-refractivity contribution in [1.29, 1.82) is 0 Å². The van der Waals surface area contributed by atoms with Gasteiger partial charge in [-0.05, 0) is 50.4 Å². The van der Waals surface area contributed by atoms with Crippen LogP contribution < -0.4 is 5.32 Å². The van der Waals surface area contributed by atoms with Crippen molar-refractivity contribution >= 4 is 0 Å². The molecule has 2 nitrogen and oxygen atoms in total. The Hall–Kier alpha value is -0.860. The van der Waals surface area contributed by atoms with E-state index < -0.39 is 0 Å². The second-order valence-electron chi connectivity index (χ2n) is 6.39. The molecule has 1 aromatic carbocycles. The summed E-state index contributed by atoms with van der Waals surface area (Å²) in [7, 11) is 2.12. The third-order valence-electron chi connectivity index (χ3n) is 5.33. The van der Waals surface area contributed by atoms with Gasteiger partial charge in [0, 0.05) is 18.1 Å². The van der Waals surface area contributed by atoms with Crippen LogP contribution in [0.25, 0.3) is 0 Å². The first-order chi connectivity index (χ1) is 9.85. The molecule has 0 spiro atoms. The lowest BCUT2D eigenvalue weighted by Crippen LogP contribution is -2.47. The molecule has 0 amide bonds. The Morgan fingerprint density at radius 3 is 2.85 bits per heavy atom. The van der Waals surface area contributed by atoms with Crippen LogP contribution in [0.5, 0.6) is 0 Å². The lowest BCUT2D eigenvalue weighted by molar-refractivity contribution is 0.113. The fourth-order valence-electron chi connectivity index (χ4n) is 4.31. The molecule has 1 aliphatic heterocycles. The predicted octanol–water partition coefficient (Wildman–Crippen LogP) is 3.53. The Labute approximate surface area is 123 Å². The molecule has 1 aliphatic carbocycles. The molecule has 2 heteroatoms. The van der Waals surface area contributed by atoms with Gasteiger partial charge in [0.05, 0.1) is 0 Å². The van der Waals surface area contributed by atoms with E-state index in [2.05, 4.69) is 48.5 Å². The van der Waals surface area contributed by atoms with Crippen molar-refractivity contribution in [3.05, 3.63) is 35.4 Å². The van der Waals surface area contributed by atoms with E-state index in [-0.39, 0.29) is 0 Å². The number of likely N-dealkylation sites (N-methyl/N-ethyl adjacent to an activating group) is 1.